The molecule has 0 unspecified atom stereocenters. The highest BCUT2D eigenvalue weighted by Crippen LogP contribution is 2.55. The van der Waals surface area contributed by atoms with Crippen LogP contribution < -0.4 is 20.6 Å². The van der Waals surface area contributed by atoms with Gasteiger partial charge in [-0.15, -0.1) is 0 Å². The molecule has 0 aromatic heterocycles. The number of benzene rings is 8. The Morgan fingerprint density at radius 3 is 1.82 bits per heavy atom. The van der Waals surface area contributed by atoms with E-state index in [0.717, 1.165) is 0 Å². The van der Waals surface area contributed by atoms with Crippen LogP contribution in [-0.4, -0.2) is 6.85 Å². The van der Waals surface area contributed by atoms with Gasteiger partial charge in [0.2, 0.25) is 0 Å². The molecule has 0 N–H and O–H groups in total. The van der Waals surface area contributed by atoms with Crippen LogP contribution in [0.15, 0.2) is 182 Å². The molecule has 0 fully saturated rings. The van der Waals surface area contributed by atoms with Crippen molar-refractivity contribution in [2.45, 2.75) is 26.2 Å². The molecule has 55 heavy (non-hydrogen) atoms. The number of fused-ring (bicyclic) bond motifs is 6. The molecular weight excluding hydrogens is 663 g/mol. The van der Waals surface area contributed by atoms with Crippen molar-refractivity contribution in [1.82, 2.24) is 0 Å². The fourth-order valence-electron chi connectivity index (χ4n) is 9.70. The first-order valence-electron chi connectivity index (χ1n) is 19.4. The van der Waals surface area contributed by atoms with Gasteiger partial charge >= 0.3 is 6.85 Å². The lowest BCUT2D eigenvalue weighted by Gasteiger charge is -2.50. The fraction of sp³-hybridized carbons (Fsp3) is 0.0769. The molecule has 0 amide bonds. The predicted octanol–water partition coefficient (Wildman–Crippen LogP) is 12.3. The molecule has 11 rings (SSSR count). The Kier molecular flexibility index (Phi) is 6.94. The van der Waals surface area contributed by atoms with Crippen LogP contribution in [0.5, 0.6) is 0 Å². The molecule has 0 saturated heterocycles. The van der Waals surface area contributed by atoms with Gasteiger partial charge in [0, 0.05) is 33.7 Å². The van der Waals surface area contributed by atoms with E-state index in [1.807, 2.05) is 0 Å². The van der Waals surface area contributed by atoms with Crippen LogP contribution in [0.1, 0.15) is 30.5 Å². The number of hydrogen-bond acceptors (Lipinski definition) is 2. The molecule has 2 nitrogen and oxygen atoms in total. The van der Waals surface area contributed by atoms with E-state index in [9.17, 15) is 0 Å². The van der Waals surface area contributed by atoms with Crippen molar-refractivity contribution in [1.29, 1.82) is 0 Å². The van der Waals surface area contributed by atoms with E-state index in [-0.39, 0.29) is 12.3 Å². The van der Waals surface area contributed by atoms with Gasteiger partial charge in [0.05, 0.1) is 5.69 Å². The molecule has 260 valence electrons. The zero-order chi connectivity index (χ0) is 36.8. The Morgan fingerprint density at radius 2 is 1.05 bits per heavy atom. The molecule has 3 aliphatic rings. The van der Waals surface area contributed by atoms with Gasteiger partial charge in [0.25, 0.3) is 0 Å². The van der Waals surface area contributed by atoms with E-state index in [0.29, 0.717) is 0 Å². The van der Waals surface area contributed by atoms with Crippen molar-refractivity contribution in [3.05, 3.63) is 199 Å². The lowest BCUT2D eigenvalue weighted by molar-refractivity contribution is 0.632. The molecule has 3 heteroatoms. The largest absolute Gasteiger partial charge is 0.376 e. The predicted molar refractivity (Wildman–Crippen MR) is 233 cm³/mol. The Bertz CT molecular complexity index is 2800. The first-order chi connectivity index (χ1) is 27.0. The molecule has 8 aromatic carbocycles. The van der Waals surface area contributed by atoms with Crippen LogP contribution >= 0.6 is 0 Å². The van der Waals surface area contributed by atoms with Crippen molar-refractivity contribution >= 4 is 46.2 Å². The fourth-order valence-corrected chi connectivity index (χ4v) is 9.70. The number of hydrogen-bond donors (Lipinski definition) is 0. The maximum absolute atomic E-state index is 2.64. The van der Waals surface area contributed by atoms with Crippen LogP contribution in [-0.2, 0) is 5.41 Å². The maximum Gasteiger partial charge on any atom is 0.333 e. The molecule has 0 saturated carbocycles. The third-order valence-corrected chi connectivity index (χ3v) is 12.4. The van der Waals surface area contributed by atoms with E-state index < -0.39 is 0 Å². The van der Waals surface area contributed by atoms with Crippen LogP contribution in [0.2, 0.25) is 0 Å². The Hall–Kier alpha value is -6.58. The maximum atomic E-state index is 2.64. The van der Waals surface area contributed by atoms with Gasteiger partial charge in [-0.25, -0.2) is 0 Å². The molecule has 0 spiro atoms. The summed E-state index contributed by atoms with van der Waals surface area (Å²) in [5.74, 6) is 0. The number of rotatable bonds is 4. The van der Waals surface area contributed by atoms with Gasteiger partial charge < -0.3 is 9.71 Å². The number of aryl methyl sites for hydroxylation is 1. The highest BCUT2D eigenvalue weighted by atomic mass is 15.2. The normalized spacial score (nSPS) is 14.1. The van der Waals surface area contributed by atoms with Crippen molar-refractivity contribution in [3.63, 3.8) is 0 Å². The zero-order valence-corrected chi connectivity index (χ0v) is 31.3. The van der Waals surface area contributed by atoms with Crippen molar-refractivity contribution in [2.24, 2.45) is 0 Å². The summed E-state index contributed by atoms with van der Waals surface area (Å²) >= 11 is 0. The van der Waals surface area contributed by atoms with Crippen molar-refractivity contribution in [2.75, 3.05) is 9.71 Å². The molecule has 0 atom stereocenters. The Morgan fingerprint density at radius 1 is 0.436 bits per heavy atom. The third kappa shape index (κ3) is 4.69. The average molecular weight is 703 g/mol. The topological polar surface area (TPSA) is 6.48 Å². The van der Waals surface area contributed by atoms with Gasteiger partial charge in [-0.05, 0) is 110 Å². The number of nitrogens with zero attached hydrogens (tertiary/aromatic N) is 2. The first kappa shape index (κ1) is 31.9. The standard InChI is InChI=1S/C52H39BN2/c1-34-15-10-11-20-41(34)39-31-43-42-30-27-38(36-18-8-5-9-19-36)32-48(42)55(40-28-25-37(26-29-40)35-16-6-4-7-17-35)53-46-23-14-22-45-51(46)54(49(33-39)50(43)53)47-24-13-12-21-44(47)52(45,2)3/h4-33H,1-3H3. The minimum absolute atomic E-state index is 0.0516. The zero-order valence-electron chi connectivity index (χ0n) is 31.3. The van der Waals surface area contributed by atoms with Gasteiger partial charge in [0.15, 0.2) is 0 Å². The van der Waals surface area contributed by atoms with Gasteiger partial charge in [-0.3, -0.25) is 0 Å². The van der Waals surface area contributed by atoms with Gasteiger partial charge in [0.1, 0.15) is 0 Å². The SMILES string of the molecule is Cc1ccccc1-c1cc2c3c(c1)N1c4ccccc4C(C)(C)c4cccc(c41)B3N(c1ccc(-c3ccccc3)cc1)c1cc(-c3ccccc3)ccc1-2. The molecule has 8 aromatic rings. The second kappa shape index (κ2) is 12.0. The quantitative estimate of drug-likeness (QED) is 0.169. The summed E-state index contributed by atoms with van der Waals surface area (Å²) in [4.78, 5) is 5.23. The average Bonchev–Trinajstić information content (AvgIpc) is 3.24. The minimum atomic E-state index is -0.179. The number of anilines is 5. The minimum Gasteiger partial charge on any atom is -0.376 e. The molecule has 3 aliphatic heterocycles. The highest BCUT2D eigenvalue weighted by Gasteiger charge is 2.49. The summed E-state index contributed by atoms with van der Waals surface area (Å²) in [5.41, 5.74) is 22.7. The Balaban J connectivity index is 1.25. The van der Waals surface area contributed by atoms with Crippen LogP contribution in [0.4, 0.5) is 28.4 Å². The molecule has 0 radical (unpaired) electrons. The summed E-state index contributed by atoms with van der Waals surface area (Å²) in [5, 5.41) is 0. The van der Waals surface area contributed by atoms with E-state index >= 15 is 0 Å². The van der Waals surface area contributed by atoms with Gasteiger partial charge in [-0.1, -0.05) is 159 Å². The monoisotopic (exact) mass is 702 g/mol. The van der Waals surface area contributed by atoms with Gasteiger partial charge in [-0.2, -0.15) is 0 Å². The lowest BCUT2D eigenvalue weighted by atomic mass is 9.42. The van der Waals surface area contributed by atoms with Crippen molar-refractivity contribution in [3.8, 4) is 44.5 Å². The molecule has 0 aliphatic carbocycles. The summed E-state index contributed by atoms with van der Waals surface area (Å²) in [6, 6.07) is 67.7. The van der Waals surface area contributed by atoms with Crippen molar-refractivity contribution < 1.29 is 0 Å². The molecule has 3 heterocycles. The second-order valence-corrected chi connectivity index (χ2v) is 15.8. The van der Waals surface area contributed by atoms with Crippen LogP contribution in [0.25, 0.3) is 44.5 Å². The molecular formula is C52H39BN2. The first-order valence-corrected chi connectivity index (χ1v) is 19.4. The highest BCUT2D eigenvalue weighted by molar-refractivity contribution is 6.93. The summed E-state index contributed by atoms with van der Waals surface area (Å²) in [6.07, 6.45) is 0. The summed E-state index contributed by atoms with van der Waals surface area (Å²) < 4.78 is 0. The summed E-state index contributed by atoms with van der Waals surface area (Å²) in [6.45, 7) is 6.97. The Labute approximate surface area is 324 Å². The van der Waals surface area contributed by atoms with E-state index in [2.05, 4.69) is 212 Å². The van der Waals surface area contributed by atoms with E-state index in [4.69, 9.17) is 0 Å². The second-order valence-electron chi connectivity index (χ2n) is 15.8. The molecule has 0 bridgehead atoms. The lowest BCUT2D eigenvalue weighted by Crippen LogP contribution is -2.62. The van der Waals surface area contributed by atoms with Crippen LogP contribution in [0.3, 0.4) is 0 Å². The van der Waals surface area contributed by atoms with Crippen LogP contribution in [0, 0.1) is 6.92 Å². The summed E-state index contributed by atoms with van der Waals surface area (Å²) in [7, 11) is 0. The smallest absolute Gasteiger partial charge is 0.333 e. The number of para-hydroxylation sites is 2. The third-order valence-electron chi connectivity index (χ3n) is 12.4. The van der Waals surface area contributed by atoms with E-state index in [1.165, 1.54) is 101 Å². The van der Waals surface area contributed by atoms with E-state index in [1.54, 1.807) is 0 Å².